The zero-order valence-electron chi connectivity index (χ0n) is 22.8. The molecule has 2 heterocycles. The van der Waals surface area contributed by atoms with Gasteiger partial charge in [0.05, 0.1) is 40.4 Å². The van der Waals surface area contributed by atoms with Crippen LogP contribution in [0.2, 0.25) is 0 Å². The Hall–Kier alpha value is -4.12. The molecule has 2 fully saturated rings. The number of nitriles is 2. The van der Waals surface area contributed by atoms with E-state index < -0.39 is 27.8 Å². The van der Waals surface area contributed by atoms with Gasteiger partial charge in [0.25, 0.3) is 0 Å². The first-order chi connectivity index (χ1) is 19.7. The van der Waals surface area contributed by atoms with Gasteiger partial charge in [-0.25, -0.2) is 12.8 Å². The average molecular weight is 572 g/mol. The van der Waals surface area contributed by atoms with Crippen molar-refractivity contribution in [3.63, 3.8) is 0 Å². The van der Waals surface area contributed by atoms with Crippen LogP contribution in [-0.4, -0.2) is 36.2 Å². The van der Waals surface area contributed by atoms with Crippen LogP contribution in [0, 0.1) is 35.4 Å². The number of nitrogens with zero attached hydrogens (tertiary/aromatic N) is 5. The fourth-order valence-corrected chi connectivity index (χ4v) is 7.18. The van der Waals surface area contributed by atoms with Crippen molar-refractivity contribution in [2.24, 2.45) is 0 Å². The largest absolute Gasteiger partial charge is 0.305 e. The van der Waals surface area contributed by atoms with Gasteiger partial charge in [0.2, 0.25) is 15.9 Å². The second-order valence-electron chi connectivity index (χ2n) is 10.6. The van der Waals surface area contributed by atoms with E-state index in [0.717, 1.165) is 29.3 Å². The molecule has 0 bridgehead atoms. The molecule has 0 spiro atoms. The van der Waals surface area contributed by atoms with Crippen molar-refractivity contribution < 1.29 is 17.6 Å². The minimum absolute atomic E-state index is 0.0664. The van der Waals surface area contributed by atoms with Gasteiger partial charge in [-0.3, -0.25) is 9.78 Å². The van der Waals surface area contributed by atoms with Crippen LogP contribution in [0.3, 0.4) is 0 Å². The lowest BCUT2D eigenvalue weighted by Gasteiger charge is -2.41. The monoisotopic (exact) mass is 571 g/mol. The number of carbonyl (C=O) groups excluding carboxylic acids is 1. The molecule has 1 atom stereocenters. The summed E-state index contributed by atoms with van der Waals surface area (Å²) in [6.07, 6.45) is 8.12. The lowest BCUT2D eigenvalue weighted by Crippen LogP contribution is -2.59. The van der Waals surface area contributed by atoms with E-state index in [1.165, 1.54) is 36.6 Å². The van der Waals surface area contributed by atoms with Crippen LogP contribution >= 0.6 is 0 Å². The first-order valence-electron chi connectivity index (χ1n) is 13.7. The van der Waals surface area contributed by atoms with Crippen LogP contribution in [0.25, 0.3) is 0 Å². The van der Waals surface area contributed by atoms with Gasteiger partial charge < -0.3 is 4.90 Å². The number of carbonyl (C=O) groups is 1. The summed E-state index contributed by atoms with van der Waals surface area (Å²) in [5, 5.41) is 18.6. The maximum atomic E-state index is 14.5. The third kappa shape index (κ3) is 5.72. The number of hydrogen-bond acceptors (Lipinski definition) is 6. The Balaban J connectivity index is 1.42. The lowest BCUT2D eigenvalue weighted by molar-refractivity contribution is -0.125. The number of benzene rings is 2. The summed E-state index contributed by atoms with van der Waals surface area (Å²) in [6, 6.07) is 15.4. The average Bonchev–Trinajstić information content (AvgIpc) is 2.97. The minimum atomic E-state index is -4.25. The fourth-order valence-electron chi connectivity index (χ4n) is 5.51. The molecule has 210 valence electrons. The SMILES string of the molecule is Cc1c(F)cc(S(=O)(=O)N2CC[C@@H]2C(=O)N(Cc2ccc(C3CCCCC3)cn2)c2ccc(C#N)cc2)cc1C#N. The second kappa shape index (κ2) is 11.8. The summed E-state index contributed by atoms with van der Waals surface area (Å²) in [7, 11) is -4.25. The normalized spacial score (nSPS) is 17.7. The number of pyridine rings is 1. The summed E-state index contributed by atoms with van der Waals surface area (Å²) in [4.78, 5) is 19.7. The fraction of sp³-hybridized carbons (Fsp3) is 0.355. The molecule has 0 N–H and O–H groups in total. The van der Waals surface area contributed by atoms with Crippen LogP contribution in [0.15, 0.2) is 59.6 Å². The van der Waals surface area contributed by atoms with E-state index in [2.05, 4.69) is 17.1 Å². The Morgan fingerprint density at radius 2 is 1.78 bits per heavy atom. The van der Waals surface area contributed by atoms with E-state index >= 15 is 0 Å². The highest BCUT2D eigenvalue weighted by Gasteiger charge is 2.45. The van der Waals surface area contributed by atoms with E-state index in [4.69, 9.17) is 0 Å². The Labute approximate surface area is 239 Å². The molecule has 0 unspecified atom stereocenters. The van der Waals surface area contributed by atoms with Gasteiger partial charge >= 0.3 is 0 Å². The molecule has 1 saturated heterocycles. The van der Waals surface area contributed by atoms with E-state index in [0.29, 0.717) is 29.3 Å². The molecule has 1 aromatic heterocycles. The molecule has 41 heavy (non-hydrogen) atoms. The molecule has 2 aliphatic rings. The van der Waals surface area contributed by atoms with E-state index in [1.54, 1.807) is 24.3 Å². The van der Waals surface area contributed by atoms with E-state index in [9.17, 15) is 28.1 Å². The Bertz CT molecular complexity index is 1640. The molecular weight excluding hydrogens is 541 g/mol. The predicted molar refractivity (Wildman–Crippen MR) is 151 cm³/mol. The molecular formula is C31H30FN5O3S. The van der Waals surface area contributed by atoms with Crippen molar-refractivity contribution in [1.82, 2.24) is 9.29 Å². The van der Waals surface area contributed by atoms with Crippen LogP contribution < -0.4 is 4.90 Å². The summed E-state index contributed by atoms with van der Waals surface area (Å²) in [5.74, 6) is -0.757. The number of halogens is 1. The molecule has 1 aliphatic heterocycles. The standard InChI is InChI=1S/C31H30FN5O3S/c1-21-25(18-34)15-28(16-29(21)32)41(39,40)37-14-13-30(37)31(38)36(27-11-7-22(17-33)8-12-27)20-26-10-9-24(19-35-26)23-5-3-2-4-6-23/h7-12,15-16,19,23,30H,2-6,13-14,20H2,1H3/t30-/m1/s1. The summed E-state index contributed by atoms with van der Waals surface area (Å²) in [5.41, 5.74) is 2.76. The van der Waals surface area contributed by atoms with Gasteiger partial charge in [-0.2, -0.15) is 14.8 Å². The number of amides is 1. The topological polar surface area (TPSA) is 118 Å². The van der Waals surface area contributed by atoms with Gasteiger partial charge in [0.15, 0.2) is 0 Å². The first kappa shape index (κ1) is 28.4. The molecule has 0 radical (unpaired) electrons. The van der Waals surface area contributed by atoms with Crippen molar-refractivity contribution in [3.05, 3.63) is 88.5 Å². The zero-order valence-corrected chi connectivity index (χ0v) is 23.6. The second-order valence-corrected chi connectivity index (χ2v) is 12.5. The highest BCUT2D eigenvalue weighted by atomic mass is 32.2. The summed E-state index contributed by atoms with van der Waals surface area (Å²) in [6.45, 7) is 1.61. The summed E-state index contributed by atoms with van der Waals surface area (Å²) >= 11 is 0. The van der Waals surface area contributed by atoms with Gasteiger partial charge in [-0.15, -0.1) is 0 Å². The highest BCUT2D eigenvalue weighted by molar-refractivity contribution is 7.89. The molecule has 1 amide bonds. The first-order valence-corrected chi connectivity index (χ1v) is 15.2. The van der Waals surface area contributed by atoms with Crippen LogP contribution in [0.1, 0.15) is 72.4 Å². The van der Waals surface area contributed by atoms with Gasteiger partial charge in [0.1, 0.15) is 11.9 Å². The molecule has 8 nitrogen and oxygen atoms in total. The molecule has 2 aromatic carbocycles. The van der Waals surface area contributed by atoms with Gasteiger partial charge in [-0.1, -0.05) is 25.3 Å². The van der Waals surface area contributed by atoms with E-state index in [1.807, 2.05) is 18.3 Å². The predicted octanol–water partition coefficient (Wildman–Crippen LogP) is 5.32. The van der Waals surface area contributed by atoms with Crippen molar-refractivity contribution in [1.29, 1.82) is 10.5 Å². The van der Waals surface area contributed by atoms with Crippen LogP contribution in [0.4, 0.5) is 10.1 Å². The third-order valence-corrected chi connectivity index (χ3v) is 10.0. The molecule has 5 rings (SSSR count). The number of rotatable bonds is 7. The smallest absolute Gasteiger partial charge is 0.245 e. The number of aromatic nitrogens is 1. The van der Waals surface area contributed by atoms with Crippen LogP contribution in [-0.2, 0) is 21.4 Å². The van der Waals surface area contributed by atoms with Crippen molar-refractivity contribution in [2.75, 3.05) is 11.4 Å². The van der Waals surface area contributed by atoms with Gasteiger partial charge in [0, 0.05) is 24.0 Å². The minimum Gasteiger partial charge on any atom is -0.305 e. The molecule has 1 aliphatic carbocycles. The maximum absolute atomic E-state index is 14.5. The zero-order chi connectivity index (χ0) is 29.1. The lowest BCUT2D eigenvalue weighted by atomic mass is 9.85. The number of hydrogen-bond donors (Lipinski definition) is 0. The van der Waals surface area contributed by atoms with Crippen LogP contribution in [0.5, 0.6) is 0 Å². The van der Waals surface area contributed by atoms with Gasteiger partial charge in [-0.05, 0) is 80.1 Å². The van der Waals surface area contributed by atoms with Crippen molar-refractivity contribution in [3.8, 4) is 12.1 Å². The molecule has 10 heteroatoms. The maximum Gasteiger partial charge on any atom is 0.245 e. The quantitative estimate of drug-likeness (QED) is 0.379. The number of sulfonamides is 1. The summed E-state index contributed by atoms with van der Waals surface area (Å²) < 4.78 is 42.5. The highest BCUT2D eigenvalue weighted by Crippen LogP contribution is 2.34. The Morgan fingerprint density at radius 3 is 2.37 bits per heavy atom. The number of anilines is 1. The van der Waals surface area contributed by atoms with E-state index in [-0.39, 0.29) is 29.1 Å². The van der Waals surface area contributed by atoms with Crippen molar-refractivity contribution >= 4 is 21.6 Å². The van der Waals surface area contributed by atoms with Crippen molar-refractivity contribution in [2.45, 2.75) is 68.8 Å². The molecule has 3 aromatic rings. The third-order valence-electron chi connectivity index (χ3n) is 8.12. The molecule has 1 saturated carbocycles. The Morgan fingerprint density at radius 1 is 1.05 bits per heavy atom. The Kier molecular flexibility index (Phi) is 8.16.